The quantitative estimate of drug-likeness (QED) is 0.0386. The Morgan fingerprint density at radius 2 is 1.01 bits per heavy atom. The van der Waals surface area contributed by atoms with E-state index in [0.717, 1.165) is 38.5 Å². The normalized spacial score (nSPS) is 23.2. The van der Waals surface area contributed by atoms with Crippen LogP contribution in [0.15, 0.2) is 30.3 Å². The molecule has 0 bridgehead atoms. The minimum atomic E-state index is -1.63. The molecule has 20 heteroatoms. The average molecular weight is 1130 g/mol. The van der Waals surface area contributed by atoms with Crippen LogP contribution in [0.5, 0.6) is 0 Å². The zero-order valence-corrected chi connectivity index (χ0v) is 50.2. The maximum atomic E-state index is 14.5. The van der Waals surface area contributed by atoms with Crippen molar-refractivity contribution in [2.24, 2.45) is 41.2 Å². The number of hydrogen-bond acceptors (Lipinski definition) is 12. The second kappa shape index (κ2) is 37.0. The number of unbranched alkanes of at least 4 members (excludes halogenated alkanes) is 6. The average Bonchev–Trinajstić information content (AvgIpc) is 3.37. The lowest BCUT2D eigenvalue weighted by Gasteiger charge is -2.30. The Morgan fingerprint density at radius 1 is 0.550 bits per heavy atom. The van der Waals surface area contributed by atoms with Crippen LogP contribution < -0.4 is 43.0 Å². The lowest BCUT2D eigenvalue weighted by molar-refractivity contribution is -0.156. The van der Waals surface area contributed by atoms with E-state index in [1.165, 1.54) is 6.42 Å². The van der Waals surface area contributed by atoms with Gasteiger partial charge in [0.05, 0.1) is 12.8 Å². The van der Waals surface area contributed by atoms with E-state index in [4.69, 9.17) is 15.2 Å². The van der Waals surface area contributed by atoms with Crippen molar-refractivity contribution in [3.05, 3.63) is 35.9 Å². The molecule has 0 spiro atoms. The van der Waals surface area contributed by atoms with Gasteiger partial charge in [0.1, 0.15) is 55.0 Å². The number of carbonyl (C=O) groups excluding carboxylic acids is 10. The number of carbonyl (C=O) groups is 10. The van der Waals surface area contributed by atoms with Crippen LogP contribution in [0.4, 0.5) is 0 Å². The number of amides is 8. The molecule has 0 aliphatic carbocycles. The Labute approximate surface area is 476 Å². The number of primary amides is 1. The van der Waals surface area contributed by atoms with Crippen LogP contribution in [0.1, 0.15) is 198 Å². The van der Waals surface area contributed by atoms with Gasteiger partial charge in [-0.15, -0.1) is 0 Å². The van der Waals surface area contributed by atoms with Gasteiger partial charge in [-0.2, -0.15) is 0 Å². The van der Waals surface area contributed by atoms with Gasteiger partial charge in [-0.1, -0.05) is 165 Å². The summed E-state index contributed by atoms with van der Waals surface area (Å²) in [6.45, 7) is 22.1. The number of cyclic esters (lactones) is 1. The number of benzene rings is 1. The predicted octanol–water partition coefficient (Wildman–Crippen LogP) is 6.10. The molecule has 0 aromatic heterocycles. The summed E-state index contributed by atoms with van der Waals surface area (Å²) in [5.41, 5.74) is 6.20. The molecule has 8 amide bonds. The van der Waals surface area contributed by atoms with E-state index in [-0.39, 0.29) is 62.9 Å². The van der Waals surface area contributed by atoms with Crippen molar-refractivity contribution < 1.29 is 57.4 Å². The first-order valence-corrected chi connectivity index (χ1v) is 29.5. The molecule has 1 heterocycles. The summed E-state index contributed by atoms with van der Waals surface area (Å²) in [6, 6.07) is -0.538. The molecule has 1 fully saturated rings. The van der Waals surface area contributed by atoms with Crippen molar-refractivity contribution in [3.63, 3.8) is 0 Å². The number of esters is 2. The minimum Gasteiger partial charge on any atom is -0.461 e. The second-order valence-electron chi connectivity index (χ2n) is 23.9. The molecule has 0 radical (unpaired) electrons. The van der Waals surface area contributed by atoms with Crippen molar-refractivity contribution in [2.75, 3.05) is 0 Å². The Bertz CT molecular complexity index is 2140. The number of ether oxygens (including phenoxy) is 2. The van der Waals surface area contributed by atoms with E-state index in [2.05, 4.69) is 51.1 Å². The molecule has 9 N–H and O–H groups in total. The molecule has 0 unspecified atom stereocenters. The smallest absolute Gasteiger partial charge is 0.329 e. The summed E-state index contributed by atoms with van der Waals surface area (Å²) in [5.74, 6) is -8.92. The number of rotatable bonds is 26. The summed E-state index contributed by atoms with van der Waals surface area (Å²) in [6.07, 6.45) is 6.16. The van der Waals surface area contributed by atoms with Gasteiger partial charge in [0.25, 0.3) is 0 Å². The van der Waals surface area contributed by atoms with Gasteiger partial charge in [-0.05, 0) is 79.6 Å². The largest absolute Gasteiger partial charge is 0.461 e. The number of nitrogens with one attached hydrogen (secondary N) is 7. The Morgan fingerprint density at radius 3 is 1.50 bits per heavy atom. The molecule has 1 aliphatic heterocycles. The molecule has 1 aliphatic rings. The lowest BCUT2D eigenvalue weighted by Crippen LogP contribution is -2.61. The second-order valence-corrected chi connectivity index (χ2v) is 23.9. The highest BCUT2D eigenvalue weighted by Gasteiger charge is 2.38. The summed E-state index contributed by atoms with van der Waals surface area (Å²) in [5, 5.41) is 19.1. The van der Waals surface area contributed by atoms with E-state index in [1.54, 1.807) is 51.1 Å². The standard InChI is InChI=1S/C60H100N8O12/c1-13-41(12)53-60(78)80-43(27-23-18-16-14-15-17-20-24-36(2)3)33-50(70)62-44(28-29-49(61)69)54(72)63-45(30-37(4)5)55(73)64-46(31-38(6)7)57(75)67-52(40(10)11)59(77)66-48(34-51(71)79-35-42-25-21-19-22-26-42)56(74)65-47(32-39(8)9)58(76)68-53/h19,21-22,25-26,36-41,43-48,52-53H,13-18,20,23-24,27-35H2,1-12H3,(H2,61,69)(H,62,70)(H,63,72)(H,64,73)(H,65,74)(H,66,77)(H,67,75)(H,68,76)/t41-,43+,44-,45-,46+,47+,48-,52-,53-/m0/s1. The topological polar surface area (TPSA) is 299 Å². The first-order valence-electron chi connectivity index (χ1n) is 29.5. The molecule has 1 saturated heterocycles. The van der Waals surface area contributed by atoms with E-state index in [1.807, 2.05) is 48.5 Å². The van der Waals surface area contributed by atoms with Crippen molar-refractivity contribution in [1.29, 1.82) is 0 Å². The highest BCUT2D eigenvalue weighted by Crippen LogP contribution is 2.20. The molecule has 1 aromatic carbocycles. The van der Waals surface area contributed by atoms with Crippen LogP contribution >= 0.6 is 0 Å². The third kappa shape index (κ3) is 27.9. The molecule has 80 heavy (non-hydrogen) atoms. The fourth-order valence-corrected chi connectivity index (χ4v) is 9.34. The van der Waals surface area contributed by atoms with Crippen molar-refractivity contribution in [3.8, 4) is 0 Å². The third-order valence-electron chi connectivity index (χ3n) is 14.1. The van der Waals surface area contributed by atoms with Crippen LogP contribution in [0, 0.1) is 35.5 Å². The van der Waals surface area contributed by atoms with E-state index >= 15 is 0 Å². The summed E-state index contributed by atoms with van der Waals surface area (Å²) >= 11 is 0. The fraction of sp³-hybridized carbons (Fsp3) is 0.733. The van der Waals surface area contributed by atoms with Gasteiger partial charge in [-0.25, -0.2) is 4.79 Å². The number of nitrogens with two attached hydrogens (primary N) is 1. The molecule has 20 nitrogen and oxygen atoms in total. The highest BCUT2D eigenvalue weighted by atomic mass is 16.5. The third-order valence-corrected chi connectivity index (χ3v) is 14.1. The molecule has 2 rings (SSSR count). The zero-order chi connectivity index (χ0) is 60.1. The molecular formula is C60H100N8O12. The van der Waals surface area contributed by atoms with Gasteiger partial charge in [0, 0.05) is 6.42 Å². The molecule has 452 valence electrons. The fourth-order valence-electron chi connectivity index (χ4n) is 9.34. The maximum Gasteiger partial charge on any atom is 0.329 e. The predicted molar refractivity (Wildman–Crippen MR) is 306 cm³/mol. The summed E-state index contributed by atoms with van der Waals surface area (Å²) in [7, 11) is 0. The number of hydrogen-bond donors (Lipinski definition) is 8. The molecule has 0 saturated carbocycles. The Hall–Kier alpha value is -6.08. The van der Waals surface area contributed by atoms with Crippen molar-refractivity contribution >= 4 is 59.2 Å². The molecule has 1 aromatic rings. The SMILES string of the molecule is CC[C@H](C)[C@@H]1NC(=O)[C@@H](CC(C)C)NC(=O)[C@H](CC(=O)OCc2ccccc2)NC(=O)[C@H](C(C)C)NC(=O)[C@@H](CC(C)C)NC(=O)[C@H](CC(C)C)NC(=O)[C@H](CCC(N)=O)NC(=O)C[C@@H](CCCCCCCCCC(C)C)OC1=O. The van der Waals surface area contributed by atoms with Gasteiger partial charge < -0.3 is 52.4 Å². The molecule has 9 atom stereocenters. The Kier molecular flexibility index (Phi) is 32.4. The summed E-state index contributed by atoms with van der Waals surface area (Å²) < 4.78 is 11.7. The highest BCUT2D eigenvalue weighted by molar-refractivity contribution is 5.98. The van der Waals surface area contributed by atoms with Gasteiger partial charge in [0.2, 0.25) is 47.3 Å². The molecular weight excluding hydrogens is 1020 g/mol. The summed E-state index contributed by atoms with van der Waals surface area (Å²) in [4.78, 5) is 141. The van der Waals surface area contributed by atoms with Crippen LogP contribution in [0.25, 0.3) is 0 Å². The first-order chi connectivity index (χ1) is 37.7. The van der Waals surface area contributed by atoms with E-state index in [0.29, 0.717) is 24.3 Å². The van der Waals surface area contributed by atoms with E-state index in [9.17, 15) is 47.9 Å². The van der Waals surface area contributed by atoms with Gasteiger partial charge >= 0.3 is 11.9 Å². The minimum absolute atomic E-state index is 0.0651. The monoisotopic (exact) mass is 1120 g/mol. The van der Waals surface area contributed by atoms with Crippen LogP contribution in [0.2, 0.25) is 0 Å². The van der Waals surface area contributed by atoms with Crippen molar-refractivity contribution in [1.82, 2.24) is 37.2 Å². The van der Waals surface area contributed by atoms with Crippen LogP contribution in [-0.4, -0.2) is 108 Å². The lowest BCUT2D eigenvalue weighted by atomic mass is 9.97. The Balaban J connectivity index is 2.79. The first kappa shape index (κ1) is 70.0. The zero-order valence-electron chi connectivity index (χ0n) is 50.2. The van der Waals surface area contributed by atoms with E-state index < -0.39 is 132 Å². The maximum absolute atomic E-state index is 14.5. The van der Waals surface area contributed by atoms with Crippen LogP contribution in [-0.2, 0) is 64.0 Å². The van der Waals surface area contributed by atoms with Crippen LogP contribution in [0.3, 0.4) is 0 Å². The van der Waals surface area contributed by atoms with Crippen molar-refractivity contribution in [2.45, 2.75) is 247 Å². The van der Waals surface area contributed by atoms with Gasteiger partial charge in [-0.3, -0.25) is 43.2 Å². The van der Waals surface area contributed by atoms with Gasteiger partial charge in [0.15, 0.2) is 0 Å².